The van der Waals surface area contributed by atoms with Crippen molar-refractivity contribution in [2.24, 2.45) is 5.73 Å². The van der Waals surface area contributed by atoms with Gasteiger partial charge in [-0.2, -0.15) is 4.98 Å². The molecule has 1 aromatic heterocycles. The standard InChI is InChI=1S/C14H17Cl2N3O2/c1-8(2)20-7-14(3,17)13-18-12(21-19-13)11-9(15)5-4-6-10(11)16/h4-6,8H,7,17H2,1-3H3. The van der Waals surface area contributed by atoms with Crippen LogP contribution in [0.5, 0.6) is 0 Å². The van der Waals surface area contributed by atoms with E-state index >= 15 is 0 Å². The average Bonchev–Trinajstić information content (AvgIpc) is 2.86. The highest BCUT2D eigenvalue weighted by Gasteiger charge is 2.29. The minimum Gasteiger partial charge on any atom is -0.376 e. The van der Waals surface area contributed by atoms with Crippen molar-refractivity contribution in [1.29, 1.82) is 0 Å². The summed E-state index contributed by atoms with van der Waals surface area (Å²) in [7, 11) is 0. The first-order valence-electron chi connectivity index (χ1n) is 6.50. The molecule has 1 atom stereocenters. The van der Waals surface area contributed by atoms with Crippen LogP contribution < -0.4 is 5.73 Å². The Bertz CT molecular complexity index is 606. The van der Waals surface area contributed by atoms with E-state index in [4.69, 9.17) is 38.2 Å². The molecule has 0 fully saturated rings. The van der Waals surface area contributed by atoms with Crippen LogP contribution in [0.4, 0.5) is 0 Å². The quantitative estimate of drug-likeness (QED) is 0.906. The van der Waals surface area contributed by atoms with Gasteiger partial charge in [-0.05, 0) is 32.9 Å². The van der Waals surface area contributed by atoms with Gasteiger partial charge in [-0.3, -0.25) is 0 Å². The van der Waals surface area contributed by atoms with E-state index in [-0.39, 0.29) is 18.6 Å². The van der Waals surface area contributed by atoms with Crippen molar-refractivity contribution in [3.05, 3.63) is 34.1 Å². The Balaban J connectivity index is 2.29. The number of hydrogen-bond donors (Lipinski definition) is 1. The van der Waals surface area contributed by atoms with Crippen LogP contribution >= 0.6 is 23.2 Å². The number of rotatable bonds is 5. The Morgan fingerprint density at radius 2 is 1.95 bits per heavy atom. The molecule has 0 radical (unpaired) electrons. The highest BCUT2D eigenvalue weighted by Crippen LogP contribution is 2.34. The topological polar surface area (TPSA) is 74.2 Å². The molecule has 0 spiro atoms. The van der Waals surface area contributed by atoms with Crippen LogP contribution in [-0.2, 0) is 10.3 Å². The largest absolute Gasteiger partial charge is 0.376 e. The third-order valence-corrected chi connectivity index (χ3v) is 3.46. The number of nitrogens with zero attached hydrogens (tertiary/aromatic N) is 2. The lowest BCUT2D eigenvalue weighted by Gasteiger charge is -2.21. The maximum absolute atomic E-state index is 6.18. The van der Waals surface area contributed by atoms with E-state index in [2.05, 4.69) is 10.1 Å². The van der Waals surface area contributed by atoms with Crippen LogP contribution in [0.15, 0.2) is 22.7 Å². The number of aromatic nitrogens is 2. The fraction of sp³-hybridized carbons (Fsp3) is 0.429. The zero-order valence-corrected chi connectivity index (χ0v) is 13.6. The van der Waals surface area contributed by atoms with Gasteiger partial charge in [0, 0.05) is 0 Å². The summed E-state index contributed by atoms with van der Waals surface area (Å²) in [5.41, 5.74) is 5.82. The van der Waals surface area contributed by atoms with Gasteiger partial charge in [0.2, 0.25) is 0 Å². The van der Waals surface area contributed by atoms with Crippen molar-refractivity contribution >= 4 is 23.2 Å². The SMILES string of the molecule is CC(C)OCC(C)(N)c1noc(-c2c(Cl)cccc2Cl)n1. The van der Waals surface area contributed by atoms with Crippen LogP contribution in [-0.4, -0.2) is 22.9 Å². The monoisotopic (exact) mass is 329 g/mol. The van der Waals surface area contributed by atoms with Crippen molar-refractivity contribution in [2.45, 2.75) is 32.4 Å². The number of halogens is 2. The Labute approximate surface area is 133 Å². The number of ether oxygens (including phenoxy) is 1. The Kier molecular flexibility index (Phi) is 4.88. The summed E-state index contributed by atoms with van der Waals surface area (Å²) in [6, 6.07) is 5.15. The zero-order valence-electron chi connectivity index (χ0n) is 12.1. The van der Waals surface area contributed by atoms with Crippen LogP contribution in [0, 0.1) is 0 Å². The van der Waals surface area contributed by atoms with E-state index in [1.54, 1.807) is 25.1 Å². The first-order chi connectivity index (χ1) is 9.81. The van der Waals surface area contributed by atoms with Gasteiger partial charge in [0.25, 0.3) is 5.89 Å². The molecule has 2 aromatic rings. The van der Waals surface area contributed by atoms with Gasteiger partial charge in [-0.25, -0.2) is 0 Å². The normalized spacial score (nSPS) is 14.4. The smallest absolute Gasteiger partial charge is 0.261 e. The molecule has 0 aliphatic heterocycles. The fourth-order valence-corrected chi connectivity index (χ4v) is 2.22. The Morgan fingerprint density at radius 3 is 2.52 bits per heavy atom. The highest BCUT2D eigenvalue weighted by atomic mass is 35.5. The van der Waals surface area contributed by atoms with Gasteiger partial charge in [0.15, 0.2) is 5.82 Å². The van der Waals surface area contributed by atoms with E-state index in [0.29, 0.717) is 21.4 Å². The summed E-state index contributed by atoms with van der Waals surface area (Å²) in [5.74, 6) is 0.580. The molecule has 0 amide bonds. The van der Waals surface area contributed by atoms with Crippen molar-refractivity contribution in [3.63, 3.8) is 0 Å². The molecule has 5 nitrogen and oxygen atoms in total. The third kappa shape index (κ3) is 3.74. The number of hydrogen-bond acceptors (Lipinski definition) is 5. The van der Waals surface area contributed by atoms with Crippen molar-refractivity contribution in [2.75, 3.05) is 6.61 Å². The molecular formula is C14H17Cl2N3O2. The molecule has 0 aliphatic carbocycles. The molecule has 1 heterocycles. The molecule has 2 N–H and O–H groups in total. The number of nitrogens with two attached hydrogens (primary N) is 1. The molecule has 0 saturated carbocycles. The maximum atomic E-state index is 6.18. The van der Waals surface area contributed by atoms with Crippen molar-refractivity contribution in [1.82, 2.24) is 10.1 Å². The van der Waals surface area contributed by atoms with Crippen LogP contribution in [0.3, 0.4) is 0 Å². The second-order valence-corrected chi connectivity index (χ2v) is 6.11. The second-order valence-electron chi connectivity index (χ2n) is 5.30. The molecular weight excluding hydrogens is 313 g/mol. The van der Waals surface area contributed by atoms with E-state index in [9.17, 15) is 0 Å². The molecule has 7 heteroatoms. The fourth-order valence-electron chi connectivity index (χ4n) is 1.66. The molecule has 21 heavy (non-hydrogen) atoms. The van der Waals surface area contributed by atoms with Crippen molar-refractivity contribution < 1.29 is 9.26 Å². The van der Waals surface area contributed by atoms with Gasteiger partial charge >= 0.3 is 0 Å². The highest BCUT2D eigenvalue weighted by molar-refractivity contribution is 6.38. The van der Waals surface area contributed by atoms with Gasteiger partial charge < -0.3 is 15.0 Å². The maximum Gasteiger partial charge on any atom is 0.261 e. The van der Waals surface area contributed by atoms with Crippen LogP contribution in [0.1, 0.15) is 26.6 Å². The molecule has 0 aliphatic rings. The summed E-state index contributed by atoms with van der Waals surface area (Å²) < 4.78 is 10.8. The summed E-state index contributed by atoms with van der Waals surface area (Å²) in [6.45, 7) is 5.92. The van der Waals surface area contributed by atoms with E-state index < -0.39 is 5.54 Å². The van der Waals surface area contributed by atoms with Gasteiger partial charge in [0.1, 0.15) is 5.54 Å². The first kappa shape index (κ1) is 16.2. The minimum absolute atomic E-state index is 0.0669. The second kappa shape index (κ2) is 6.32. The molecule has 1 unspecified atom stereocenters. The van der Waals surface area contributed by atoms with Gasteiger partial charge in [-0.15, -0.1) is 0 Å². The number of benzene rings is 1. The predicted molar refractivity (Wildman–Crippen MR) is 82.4 cm³/mol. The molecule has 1 aromatic carbocycles. The van der Waals surface area contributed by atoms with Crippen molar-refractivity contribution in [3.8, 4) is 11.5 Å². The predicted octanol–water partition coefficient (Wildman–Crippen LogP) is 3.64. The lowest BCUT2D eigenvalue weighted by Crippen LogP contribution is -2.40. The summed E-state index contributed by atoms with van der Waals surface area (Å²) in [6.07, 6.45) is 0.0669. The molecule has 0 bridgehead atoms. The van der Waals surface area contributed by atoms with Gasteiger partial charge in [-0.1, -0.05) is 34.4 Å². The molecule has 0 saturated heterocycles. The molecule has 114 valence electrons. The Hall–Kier alpha value is -1.14. The van der Waals surface area contributed by atoms with E-state index in [0.717, 1.165) is 0 Å². The first-order valence-corrected chi connectivity index (χ1v) is 7.26. The molecule has 2 rings (SSSR count). The lowest BCUT2D eigenvalue weighted by atomic mass is 10.1. The third-order valence-electron chi connectivity index (χ3n) is 2.83. The van der Waals surface area contributed by atoms with Crippen LogP contribution in [0.2, 0.25) is 10.0 Å². The average molecular weight is 330 g/mol. The minimum atomic E-state index is -0.861. The zero-order chi connectivity index (χ0) is 15.6. The Morgan fingerprint density at radius 1 is 1.33 bits per heavy atom. The summed E-state index contributed by atoms with van der Waals surface area (Å²) in [4.78, 5) is 4.30. The summed E-state index contributed by atoms with van der Waals surface area (Å²) >= 11 is 12.2. The van der Waals surface area contributed by atoms with E-state index in [1.165, 1.54) is 0 Å². The van der Waals surface area contributed by atoms with Crippen LogP contribution in [0.25, 0.3) is 11.5 Å². The van der Waals surface area contributed by atoms with E-state index in [1.807, 2.05) is 13.8 Å². The summed E-state index contributed by atoms with van der Waals surface area (Å²) in [5, 5.41) is 4.80. The van der Waals surface area contributed by atoms with Gasteiger partial charge in [0.05, 0.1) is 28.3 Å². The lowest BCUT2D eigenvalue weighted by molar-refractivity contribution is 0.0410.